The Morgan fingerprint density at radius 3 is 0.696 bits per heavy atom. The largest absolute Gasteiger partial charge is 1.00 e. The summed E-state index contributed by atoms with van der Waals surface area (Å²) in [7, 11) is 0. The van der Waals surface area contributed by atoms with E-state index >= 15 is 0 Å². The summed E-state index contributed by atoms with van der Waals surface area (Å²) >= 11 is 3.50. The van der Waals surface area contributed by atoms with Crippen LogP contribution in [0.4, 0.5) is 0 Å². The molecule has 0 saturated carbocycles. The standard InChI is InChI=1S/4C10H9.2CH2.2ClH.2Ti/c4*1-8-6-7-9-4-2-3-5-10(8)9;;;;;;/h4*2-7H,1H3;2*1H2;2*1H;;/q4*-1;;;;;2*+2/p-2. The SMILES string of the molecule is Cc1c[cH-]c2ccccc12.Cc1c[cH-]c2ccccc12.Cc1c[cH-]c2ccccc12.Cc1c[cH-]c2ccccc12.[CH2]=[Ti+2].[CH2]=[Ti+2].[Cl-].[Cl-]. The molecule has 0 N–H and O–H groups in total. The molecule has 232 valence electrons. The second-order valence-electron chi connectivity index (χ2n) is 10.4. The first kappa shape index (κ1) is 41.1. The molecule has 4 heteroatoms. The molecule has 0 unspecified atom stereocenters. The van der Waals surface area contributed by atoms with Crippen molar-refractivity contribution in [2.24, 2.45) is 0 Å². The number of benzene rings is 4. The van der Waals surface area contributed by atoms with Crippen LogP contribution in [0.5, 0.6) is 0 Å². The Bertz CT molecular complexity index is 1710. The summed E-state index contributed by atoms with van der Waals surface area (Å²) in [6.07, 6.45) is 0. The average molecular weight is 711 g/mol. The van der Waals surface area contributed by atoms with Gasteiger partial charge in [0.25, 0.3) is 0 Å². The average Bonchev–Trinajstić information content (AvgIpc) is 3.87. The van der Waals surface area contributed by atoms with E-state index in [1.54, 1.807) is 39.9 Å². The van der Waals surface area contributed by atoms with Gasteiger partial charge in [-0.05, 0) is 0 Å². The van der Waals surface area contributed by atoms with Crippen LogP contribution in [0.2, 0.25) is 0 Å². The van der Waals surface area contributed by atoms with Gasteiger partial charge in [-0.2, -0.15) is 46.5 Å². The Hall–Kier alpha value is -2.93. The second-order valence-corrected chi connectivity index (χ2v) is 10.4. The van der Waals surface area contributed by atoms with Gasteiger partial charge in [-0.1, -0.05) is 52.0 Å². The predicted molar refractivity (Wildman–Crippen MR) is 191 cm³/mol. The van der Waals surface area contributed by atoms with E-state index in [0.717, 1.165) is 0 Å². The molecule has 8 rings (SSSR count). The minimum atomic E-state index is 0. The van der Waals surface area contributed by atoms with Crippen molar-refractivity contribution in [3.63, 3.8) is 0 Å². The molecule has 0 aliphatic carbocycles. The Morgan fingerprint density at radius 1 is 0.348 bits per heavy atom. The van der Waals surface area contributed by atoms with Gasteiger partial charge in [-0.3, -0.25) is 0 Å². The van der Waals surface area contributed by atoms with Crippen LogP contribution in [0.25, 0.3) is 43.1 Å². The summed E-state index contributed by atoms with van der Waals surface area (Å²) in [5, 5.41) is 10.9. The molecule has 0 aromatic heterocycles. The maximum absolute atomic E-state index is 3.25. The van der Waals surface area contributed by atoms with Crippen LogP contribution in [0, 0.1) is 27.7 Å². The van der Waals surface area contributed by atoms with Crippen molar-refractivity contribution in [3.05, 3.63) is 168 Å². The maximum atomic E-state index is 3.25. The number of fused-ring (bicyclic) bond motifs is 4. The van der Waals surface area contributed by atoms with E-state index in [1.165, 1.54) is 65.3 Å². The molecule has 0 fully saturated rings. The summed E-state index contributed by atoms with van der Waals surface area (Å²) < 4.78 is 0. The third-order valence-electron chi connectivity index (χ3n) is 7.59. The van der Waals surface area contributed by atoms with Gasteiger partial charge < -0.3 is 24.8 Å². The topological polar surface area (TPSA) is 0 Å². The number of halogens is 2. The van der Waals surface area contributed by atoms with Crippen LogP contribution in [0.15, 0.2) is 146 Å². The van der Waals surface area contributed by atoms with E-state index in [-0.39, 0.29) is 24.8 Å². The first-order valence-electron chi connectivity index (χ1n) is 14.7. The monoisotopic (exact) mass is 710 g/mol. The summed E-state index contributed by atoms with van der Waals surface area (Å²) in [4.78, 5) is 6.50. The summed E-state index contributed by atoms with van der Waals surface area (Å²) in [6, 6.07) is 51.1. The first-order valence-corrected chi connectivity index (χ1v) is 16.9. The molecule has 0 aliphatic heterocycles. The number of aryl methyl sites for hydroxylation is 4. The minimum Gasteiger partial charge on any atom is -1.00 e. The molecule has 0 nitrogen and oxygen atoms in total. The molecular formula is C42H40Cl2Ti2-2. The Labute approximate surface area is 310 Å². The maximum Gasteiger partial charge on any atom is -1.00 e. The Kier molecular flexibility index (Phi) is 19.5. The number of rotatable bonds is 0. The third kappa shape index (κ3) is 11.1. The van der Waals surface area contributed by atoms with Crippen molar-refractivity contribution in [2.45, 2.75) is 27.7 Å². The van der Waals surface area contributed by atoms with Gasteiger partial charge in [0.15, 0.2) is 0 Å². The van der Waals surface area contributed by atoms with Crippen molar-refractivity contribution < 1.29 is 64.8 Å². The van der Waals surface area contributed by atoms with E-state index in [2.05, 4.69) is 183 Å². The van der Waals surface area contributed by atoms with Crippen molar-refractivity contribution >= 4 is 52.7 Å². The van der Waals surface area contributed by atoms with Gasteiger partial charge in [0, 0.05) is 0 Å². The Balaban J connectivity index is 0.000000292. The molecule has 46 heavy (non-hydrogen) atoms. The zero-order chi connectivity index (χ0) is 31.9. The predicted octanol–water partition coefficient (Wildman–Crippen LogP) is 5.41. The zero-order valence-electron chi connectivity index (χ0n) is 27.0. The molecule has 0 amide bonds. The van der Waals surface area contributed by atoms with Crippen LogP contribution in [0.1, 0.15) is 22.3 Å². The van der Waals surface area contributed by atoms with E-state index in [4.69, 9.17) is 0 Å². The fraction of sp³-hybridized carbons (Fsp3) is 0.0952. The molecule has 0 spiro atoms. The molecule has 8 aromatic rings. The van der Waals surface area contributed by atoms with Crippen LogP contribution in [-0.2, 0) is 39.9 Å². The molecule has 0 saturated heterocycles. The Morgan fingerprint density at radius 2 is 0.522 bits per heavy atom. The molecular weight excluding hydrogens is 671 g/mol. The summed E-state index contributed by atoms with van der Waals surface area (Å²) in [5.41, 5.74) is 5.48. The molecule has 0 atom stereocenters. The molecule has 0 bridgehead atoms. The van der Waals surface area contributed by atoms with Gasteiger partial charge in [-0.15, -0.1) is 140 Å². The minimum absolute atomic E-state index is 0. The van der Waals surface area contributed by atoms with Crippen LogP contribution < -0.4 is 24.8 Å². The van der Waals surface area contributed by atoms with E-state index < -0.39 is 0 Å². The third-order valence-corrected chi connectivity index (χ3v) is 7.59. The van der Waals surface area contributed by atoms with Crippen molar-refractivity contribution in [3.8, 4) is 0 Å². The van der Waals surface area contributed by atoms with Crippen molar-refractivity contribution in [1.82, 2.24) is 0 Å². The van der Waals surface area contributed by atoms with Crippen molar-refractivity contribution in [1.29, 1.82) is 0 Å². The normalized spacial score (nSPS) is 9.39. The molecule has 0 radical (unpaired) electrons. The molecule has 0 heterocycles. The van der Waals surface area contributed by atoms with Gasteiger partial charge in [0.2, 0.25) is 0 Å². The smallest absolute Gasteiger partial charge is 1.00 e. The van der Waals surface area contributed by atoms with Crippen molar-refractivity contribution in [2.75, 3.05) is 0 Å². The fourth-order valence-corrected chi connectivity index (χ4v) is 5.22. The summed E-state index contributed by atoms with van der Waals surface area (Å²) in [5.74, 6) is 0. The van der Waals surface area contributed by atoms with E-state index in [9.17, 15) is 0 Å². The second kappa shape index (κ2) is 21.8. The van der Waals surface area contributed by atoms with Gasteiger partial charge in [0.1, 0.15) is 0 Å². The summed E-state index contributed by atoms with van der Waals surface area (Å²) in [6.45, 7) is 8.56. The molecule has 8 aromatic carbocycles. The number of hydrogen-bond acceptors (Lipinski definition) is 0. The van der Waals surface area contributed by atoms with Gasteiger partial charge >= 0.3 is 49.6 Å². The van der Waals surface area contributed by atoms with E-state index in [1.807, 2.05) is 0 Å². The first-order chi connectivity index (χ1) is 21.5. The van der Waals surface area contributed by atoms with Crippen LogP contribution in [0.3, 0.4) is 0 Å². The van der Waals surface area contributed by atoms with Gasteiger partial charge in [-0.25, -0.2) is 0 Å². The number of hydrogen-bond donors (Lipinski definition) is 0. The van der Waals surface area contributed by atoms with E-state index in [0.29, 0.717) is 0 Å². The fourth-order valence-electron chi connectivity index (χ4n) is 5.22. The zero-order valence-corrected chi connectivity index (χ0v) is 31.7. The van der Waals surface area contributed by atoms with Crippen LogP contribution in [-0.4, -0.2) is 9.63 Å². The van der Waals surface area contributed by atoms with Gasteiger partial charge in [0.05, 0.1) is 0 Å². The van der Waals surface area contributed by atoms with Crippen LogP contribution >= 0.6 is 0 Å². The quantitative estimate of drug-likeness (QED) is 0.146. The molecule has 0 aliphatic rings.